The molecule has 1 atom stereocenters. The summed E-state index contributed by atoms with van der Waals surface area (Å²) in [6.45, 7) is 6.39. The number of hydrogen-bond donors (Lipinski definition) is 1. The van der Waals surface area contributed by atoms with Crippen LogP contribution in [0, 0.1) is 5.92 Å². The molecule has 1 aliphatic rings. The number of ether oxygens (including phenoxy) is 1. The van der Waals surface area contributed by atoms with Gasteiger partial charge in [0.2, 0.25) is 0 Å². The zero-order valence-corrected chi connectivity index (χ0v) is 14.3. The summed E-state index contributed by atoms with van der Waals surface area (Å²) in [6, 6.07) is 7.70. The van der Waals surface area contributed by atoms with Gasteiger partial charge in [0.15, 0.2) is 0 Å². The molecule has 22 heavy (non-hydrogen) atoms. The highest BCUT2D eigenvalue weighted by Gasteiger charge is 2.25. The molecule has 0 radical (unpaired) electrons. The van der Waals surface area contributed by atoms with Crippen LogP contribution in [0.4, 0.5) is 0 Å². The highest BCUT2D eigenvalue weighted by atomic mass is 35.5. The van der Waals surface area contributed by atoms with Gasteiger partial charge in [-0.25, -0.2) is 0 Å². The Balaban J connectivity index is 0.00000242. The van der Waals surface area contributed by atoms with Gasteiger partial charge in [-0.15, -0.1) is 12.4 Å². The maximum atomic E-state index is 12.5. The third-order valence-electron chi connectivity index (χ3n) is 4.12. The Hall–Kier alpha value is -1.26. The molecule has 0 bridgehead atoms. The van der Waals surface area contributed by atoms with Gasteiger partial charge < -0.3 is 15.4 Å². The Morgan fingerprint density at radius 2 is 2.09 bits per heavy atom. The normalized spacial score (nSPS) is 16.8. The first kappa shape index (κ1) is 18.8. The lowest BCUT2D eigenvalue weighted by Gasteiger charge is -2.33. The second-order valence-electron chi connectivity index (χ2n) is 5.87. The minimum atomic E-state index is 0. The predicted molar refractivity (Wildman–Crippen MR) is 91.8 cm³/mol. The van der Waals surface area contributed by atoms with Crippen LogP contribution in [0.25, 0.3) is 0 Å². The third kappa shape index (κ3) is 4.89. The van der Waals surface area contributed by atoms with E-state index in [9.17, 15) is 4.79 Å². The molecule has 4 nitrogen and oxygen atoms in total. The number of carbonyl (C=O) groups is 1. The van der Waals surface area contributed by atoms with Crippen LogP contribution < -0.4 is 10.5 Å². The largest absolute Gasteiger partial charge is 0.494 e. The van der Waals surface area contributed by atoms with E-state index in [2.05, 4.69) is 13.8 Å². The summed E-state index contributed by atoms with van der Waals surface area (Å²) in [5.41, 5.74) is 6.66. The topological polar surface area (TPSA) is 55.6 Å². The number of nitrogens with zero attached hydrogens (tertiary/aromatic N) is 1. The number of carbonyl (C=O) groups excluding carboxylic acids is 1. The zero-order chi connectivity index (χ0) is 15.2. The van der Waals surface area contributed by atoms with Crippen molar-refractivity contribution in [3.63, 3.8) is 0 Å². The number of rotatable bonds is 5. The average molecular weight is 327 g/mol. The summed E-state index contributed by atoms with van der Waals surface area (Å²) in [7, 11) is 0. The summed E-state index contributed by atoms with van der Waals surface area (Å²) in [6.07, 6.45) is 2.95. The van der Waals surface area contributed by atoms with Crippen LogP contribution in [-0.4, -0.2) is 36.5 Å². The van der Waals surface area contributed by atoms with Gasteiger partial charge in [0.25, 0.3) is 5.91 Å². The molecule has 1 amide bonds. The molecule has 0 saturated carbocycles. The molecule has 1 fully saturated rings. The molecule has 1 aromatic carbocycles. The Morgan fingerprint density at radius 3 is 2.68 bits per heavy atom. The van der Waals surface area contributed by atoms with Gasteiger partial charge in [-0.2, -0.15) is 0 Å². The van der Waals surface area contributed by atoms with Gasteiger partial charge in [0, 0.05) is 24.7 Å². The van der Waals surface area contributed by atoms with Crippen molar-refractivity contribution >= 4 is 18.3 Å². The molecule has 0 aliphatic carbocycles. The summed E-state index contributed by atoms with van der Waals surface area (Å²) in [5, 5.41) is 0. The third-order valence-corrected chi connectivity index (χ3v) is 4.12. The summed E-state index contributed by atoms with van der Waals surface area (Å²) >= 11 is 0. The average Bonchev–Trinajstić information content (AvgIpc) is 2.52. The molecule has 1 heterocycles. The van der Waals surface area contributed by atoms with E-state index in [1.807, 2.05) is 29.2 Å². The monoisotopic (exact) mass is 326 g/mol. The van der Waals surface area contributed by atoms with Crippen LogP contribution in [0.3, 0.4) is 0 Å². The molecule has 1 saturated heterocycles. The first-order valence-electron chi connectivity index (χ1n) is 7.89. The molecule has 5 heteroatoms. The zero-order valence-electron chi connectivity index (χ0n) is 13.5. The molecule has 0 aromatic heterocycles. The van der Waals surface area contributed by atoms with Gasteiger partial charge >= 0.3 is 0 Å². The van der Waals surface area contributed by atoms with Crippen molar-refractivity contribution in [2.75, 3.05) is 19.7 Å². The maximum absolute atomic E-state index is 12.5. The van der Waals surface area contributed by atoms with E-state index in [4.69, 9.17) is 10.5 Å². The van der Waals surface area contributed by atoms with E-state index in [0.717, 1.165) is 38.1 Å². The fourth-order valence-corrected chi connectivity index (χ4v) is 2.75. The smallest absolute Gasteiger partial charge is 0.253 e. The number of halogens is 1. The Labute approximate surface area is 139 Å². The Kier molecular flexibility index (Phi) is 7.69. The molecule has 0 spiro atoms. The minimum absolute atomic E-state index is 0. The van der Waals surface area contributed by atoms with Crippen LogP contribution in [0.1, 0.15) is 43.5 Å². The van der Waals surface area contributed by atoms with E-state index >= 15 is 0 Å². The summed E-state index contributed by atoms with van der Waals surface area (Å²) in [5.74, 6) is 1.40. The highest BCUT2D eigenvalue weighted by Crippen LogP contribution is 2.22. The second-order valence-corrected chi connectivity index (χ2v) is 5.87. The number of hydrogen-bond acceptors (Lipinski definition) is 3. The van der Waals surface area contributed by atoms with E-state index in [0.29, 0.717) is 18.1 Å². The lowest BCUT2D eigenvalue weighted by atomic mass is 9.90. The summed E-state index contributed by atoms with van der Waals surface area (Å²) in [4.78, 5) is 14.5. The molecular weight excluding hydrogens is 300 g/mol. The van der Waals surface area contributed by atoms with Crippen LogP contribution in [-0.2, 0) is 0 Å². The summed E-state index contributed by atoms with van der Waals surface area (Å²) < 4.78 is 5.59. The Bertz CT molecular complexity index is 471. The number of nitrogens with two attached hydrogens (primary N) is 1. The van der Waals surface area contributed by atoms with Crippen LogP contribution in [0.5, 0.6) is 5.75 Å². The van der Waals surface area contributed by atoms with E-state index in [1.54, 1.807) is 0 Å². The lowest BCUT2D eigenvalue weighted by Crippen LogP contribution is -2.42. The quantitative estimate of drug-likeness (QED) is 0.904. The van der Waals surface area contributed by atoms with Crippen molar-refractivity contribution in [2.24, 2.45) is 11.7 Å². The van der Waals surface area contributed by atoms with Gasteiger partial charge in [0.05, 0.1) is 6.61 Å². The molecule has 1 aliphatic heterocycles. The molecule has 2 rings (SSSR count). The number of amides is 1. The minimum Gasteiger partial charge on any atom is -0.494 e. The molecule has 1 aromatic rings. The van der Waals surface area contributed by atoms with E-state index in [1.165, 1.54) is 0 Å². The predicted octanol–water partition coefficient (Wildman–Crippen LogP) is 3.10. The van der Waals surface area contributed by atoms with Crippen molar-refractivity contribution < 1.29 is 9.53 Å². The molecule has 124 valence electrons. The second kappa shape index (κ2) is 9.01. The van der Waals surface area contributed by atoms with Gasteiger partial charge in [-0.1, -0.05) is 13.0 Å². The standard InChI is InChI=1S/C17H26N2O2.ClH/c1-3-11-21-16-6-4-5-15(12-16)17(20)19-9-7-14(8-10-19)13(2)18;/h4-6,12-14H,3,7-11,18H2,1-2H3;1H. The fourth-order valence-electron chi connectivity index (χ4n) is 2.75. The van der Waals surface area contributed by atoms with Crippen molar-refractivity contribution in [2.45, 2.75) is 39.2 Å². The SMILES string of the molecule is CCCOc1cccc(C(=O)N2CCC(C(C)N)CC2)c1.Cl. The number of benzene rings is 1. The Morgan fingerprint density at radius 1 is 1.41 bits per heavy atom. The van der Waals surface area contributed by atoms with Crippen molar-refractivity contribution in [1.82, 2.24) is 4.90 Å². The first-order chi connectivity index (χ1) is 10.1. The van der Waals surface area contributed by atoms with Gasteiger partial charge in [0.1, 0.15) is 5.75 Å². The maximum Gasteiger partial charge on any atom is 0.253 e. The first-order valence-corrected chi connectivity index (χ1v) is 7.89. The van der Waals surface area contributed by atoms with Crippen LogP contribution in [0.2, 0.25) is 0 Å². The number of likely N-dealkylation sites (tertiary alicyclic amines) is 1. The number of piperidine rings is 1. The fraction of sp³-hybridized carbons (Fsp3) is 0.588. The highest BCUT2D eigenvalue weighted by molar-refractivity contribution is 5.94. The van der Waals surface area contributed by atoms with Gasteiger partial charge in [-0.3, -0.25) is 4.79 Å². The molecular formula is C17H27ClN2O2. The van der Waals surface area contributed by atoms with Crippen molar-refractivity contribution in [3.05, 3.63) is 29.8 Å². The van der Waals surface area contributed by atoms with E-state index in [-0.39, 0.29) is 24.4 Å². The molecule has 1 unspecified atom stereocenters. The van der Waals surface area contributed by atoms with Crippen molar-refractivity contribution in [1.29, 1.82) is 0 Å². The van der Waals surface area contributed by atoms with Crippen molar-refractivity contribution in [3.8, 4) is 5.75 Å². The van der Waals surface area contributed by atoms with Crippen LogP contribution in [0.15, 0.2) is 24.3 Å². The van der Waals surface area contributed by atoms with Crippen LogP contribution >= 0.6 is 12.4 Å². The lowest BCUT2D eigenvalue weighted by molar-refractivity contribution is 0.0680. The van der Waals surface area contributed by atoms with E-state index < -0.39 is 0 Å². The molecule has 2 N–H and O–H groups in total. The van der Waals surface area contributed by atoms with Gasteiger partial charge in [-0.05, 0) is 50.3 Å².